The van der Waals surface area contributed by atoms with E-state index in [1.165, 1.54) is 57.8 Å². The molecule has 0 heterocycles. The van der Waals surface area contributed by atoms with Crippen LogP contribution in [-0.4, -0.2) is 50.2 Å². The van der Waals surface area contributed by atoms with Gasteiger partial charge in [-0.15, -0.1) is 0 Å². The largest absolute Gasteiger partial charge is 0.461 e. The average Bonchev–Trinajstić information content (AvgIpc) is 2.93. The number of hydrogen-bond acceptors (Lipinski definition) is 5. The molecule has 254 valence electrons. The molecule has 0 spiro atoms. The summed E-state index contributed by atoms with van der Waals surface area (Å²) in [5.41, 5.74) is -0.838. The third-order valence-electron chi connectivity index (χ3n) is 9.22. The van der Waals surface area contributed by atoms with Gasteiger partial charge in [-0.1, -0.05) is 124 Å². The van der Waals surface area contributed by atoms with E-state index in [2.05, 4.69) is 46.4 Å². The van der Waals surface area contributed by atoms with Crippen LogP contribution in [0, 0.1) is 29.1 Å². The van der Waals surface area contributed by atoms with E-state index in [0.717, 1.165) is 50.0 Å². The molecular weight excluding hydrogens is 534 g/mol. The van der Waals surface area contributed by atoms with E-state index in [-0.39, 0.29) is 18.5 Å². The highest BCUT2D eigenvalue weighted by molar-refractivity contribution is 5.78. The lowest BCUT2D eigenvalue weighted by Crippen LogP contribution is -2.44. The lowest BCUT2D eigenvalue weighted by Gasteiger charge is -2.35. The molecule has 0 aromatic rings. The van der Waals surface area contributed by atoms with Crippen LogP contribution < -0.4 is 0 Å². The summed E-state index contributed by atoms with van der Waals surface area (Å²) in [4.78, 5) is 28.4. The Balaban J connectivity index is 5.01. The van der Waals surface area contributed by atoms with Crippen molar-refractivity contribution in [2.75, 3.05) is 27.2 Å². The summed E-state index contributed by atoms with van der Waals surface area (Å²) in [7, 11) is 4.02. The fourth-order valence-electron chi connectivity index (χ4n) is 5.96. The van der Waals surface area contributed by atoms with Crippen LogP contribution in [0.1, 0.15) is 158 Å². The van der Waals surface area contributed by atoms with Crippen molar-refractivity contribution in [3.05, 3.63) is 12.2 Å². The van der Waals surface area contributed by atoms with Crippen molar-refractivity contribution in [2.24, 2.45) is 29.1 Å². The predicted molar refractivity (Wildman–Crippen MR) is 184 cm³/mol. The summed E-state index contributed by atoms with van der Waals surface area (Å²) >= 11 is 0. The first kappa shape index (κ1) is 41.6. The van der Waals surface area contributed by atoms with Gasteiger partial charge in [0.15, 0.2) is 0 Å². The minimum absolute atomic E-state index is 0.202. The zero-order valence-electron chi connectivity index (χ0n) is 30.3. The molecule has 0 aliphatic carbocycles. The number of unbranched alkanes of at least 4 members (excludes halogenated alkanes) is 1. The molecule has 43 heavy (non-hydrogen) atoms. The van der Waals surface area contributed by atoms with Crippen molar-refractivity contribution in [3.63, 3.8) is 0 Å². The Hall–Kier alpha value is -1.36. The Labute approximate surface area is 268 Å². The van der Waals surface area contributed by atoms with Crippen LogP contribution in [0.15, 0.2) is 12.2 Å². The smallest absolute Gasteiger partial charge is 0.315 e. The number of carbonyl (C=O) groups excluding carboxylic acids is 2. The van der Waals surface area contributed by atoms with Crippen LogP contribution in [0.5, 0.6) is 0 Å². The van der Waals surface area contributed by atoms with Crippen LogP contribution >= 0.6 is 0 Å². The SMILES string of the molecule is C/C=C\COC(=O)C(C)(CCCC)C(CCC(C)CCCC(C)CCCC(C)CCCC(C)C)OC(=O)CCCN(C)C. The number of allylic oxidation sites excluding steroid dienone is 1. The monoisotopic (exact) mass is 608 g/mol. The predicted octanol–water partition coefficient (Wildman–Crippen LogP) is 10.4. The van der Waals surface area contributed by atoms with Gasteiger partial charge in [0.1, 0.15) is 18.1 Å². The summed E-state index contributed by atoms with van der Waals surface area (Å²) in [6, 6.07) is 0. The van der Waals surface area contributed by atoms with Gasteiger partial charge in [0.05, 0.1) is 0 Å². The molecule has 0 aromatic carbocycles. The zero-order valence-corrected chi connectivity index (χ0v) is 30.3. The molecule has 0 saturated heterocycles. The molecule has 0 saturated carbocycles. The maximum atomic E-state index is 13.4. The number of ether oxygens (including phenoxy) is 2. The fraction of sp³-hybridized carbons (Fsp3) is 0.895. The molecule has 0 radical (unpaired) electrons. The number of rotatable bonds is 27. The minimum Gasteiger partial charge on any atom is -0.461 e. The fourth-order valence-corrected chi connectivity index (χ4v) is 5.96. The maximum Gasteiger partial charge on any atom is 0.315 e. The van der Waals surface area contributed by atoms with Gasteiger partial charge in [0.25, 0.3) is 0 Å². The van der Waals surface area contributed by atoms with Crippen molar-refractivity contribution < 1.29 is 19.1 Å². The van der Waals surface area contributed by atoms with Gasteiger partial charge in [-0.2, -0.15) is 0 Å². The highest BCUT2D eigenvalue weighted by Crippen LogP contribution is 2.36. The average molecular weight is 608 g/mol. The molecule has 0 N–H and O–H groups in total. The molecule has 0 aliphatic rings. The van der Waals surface area contributed by atoms with E-state index in [1.54, 1.807) is 0 Å². The van der Waals surface area contributed by atoms with Crippen LogP contribution in [-0.2, 0) is 19.1 Å². The lowest BCUT2D eigenvalue weighted by molar-refractivity contribution is -0.173. The van der Waals surface area contributed by atoms with Gasteiger partial charge in [0, 0.05) is 6.42 Å². The van der Waals surface area contributed by atoms with E-state index < -0.39 is 11.5 Å². The van der Waals surface area contributed by atoms with Gasteiger partial charge >= 0.3 is 11.9 Å². The topological polar surface area (TPSA) is 55.8 Å². The summed E-state index contributed by atoms with van der Waals surface area (Å²) in [6.45, 7) is 18.9. The molecular formula is C38H73NO4. The standard InChI is InChI=1S/C38H73NO4/c1-11-13-28-38(8,37(41)42-30-14-12-2)35(43-36(40)25-18-29-39(9)10)27-26-34(7)24-17-23-33(6)22-16-21-32(5)20-15-19-31(3)4/h12,14,31-35H,11,13,15-30H2,1-10H3/b14-12-. The first-order valence-corrected chi connectivity index (χ1v) is 18.0. The molecule has 0 rings (SSSR count). The number of carbonyl (C=O) groups is 2. The van der Waals surface area contributed by atoms with Crippen LogP contribution in [0.3, 0.4) is 0 Å². The second kappa shape index (κ2) is 24.9. The van der Waals surface area contributed by atoms with Crippen molar-refractivity contribution in [2.45, 2.75) is 164 Å². The van der Waals surface area contributed by atoms with Crippen molar-refractivity contribution in [1.29, 1.82) is 0 Å². The number of esters is 2. The number of nitrogens with zero attached hydrogens (tertiary/aromatic N) is 1. The Morgan fingerprint density at radius 3 is 1.79 bits per heavy atom. The van der Waals surface area contributed by atoms with Gasteiger partial charge in [-0.25, -0.2) is 0 Å². The molecule has 0 fully saturated rings. The first-order valence-electron chi connectivity index (χ1n) is 18.0. The lowest BCUT2D eigenvalue weighted by atomic mass is 9.76. The molecule has 5 unspecified atom stereocenters. The van der Waals surface area contributed by atoms with E-state index in [4.69, 9.17) is 9.47 Å². The highest BCUT2D eigenvalue weighted by atomic mass is 16.6. The van der Waals surface area contributed by atoms with Gasteiger partial charge in [0.2, 0.25) is 0 Å². The van der Waals surface area contributed by atoms with E-state index in [0.29, 0.717) is 25.2 Å². The summed E-state index contributed by atoms with van der Waals surface area (Å²) < 4.78 is 11.8. The second-order valence-electron chi connectivity index (χ2n) is 14.7. The van der Waals surface area contributed by atoms with Gasteiger partial charge in [-0.05, 0) is 83.8 Å². The molecule has 5 atom stereocenters. The maximum absolute atomic E-state index is 13.4. The van der Waals surface area contributed by atoms with E-state index in [9.17, 15) is 9.59 Å². The molecule has 0 aliphatic heterocycles. The third kappa shape index (κ3) is 21.1. The normalized spacial score (nSPS) is 16.3. The second-order valence-corrected chi connectivity index (χ2v) is 14.7. The van der Waals surface area contributed by atoms with Crippen LogP contribution in [0.25, 0.3) is 0 Å². The van der Waals surface area contributed by atoms with Crippen molar-refractivity contribution >= 4 is 11.9 Å². The first-order chi connectivity index (χ1) is 20.3. The third-order valence-corrected chi connectivity index (χ3v) is 9.22. The Kier molecular flexibility index (Phi) is 24.1. The Morgan fingerprint density at radius 2 is 1.30 bits per heavy atom. The highest BCUT2D eigenvalue weighted by Gasteiger charge is 2.44. The summed E-state index contributed by atoms with van der Waals surface area (Å²) in [5.74, 6) is 2.52. The summed E-state index contributed by atoms with van der Waals surface area (Å²) in [6.07, 6.45) is 20.4. The van der Waals surface area contributed by atoms with Gasteiger partial charge in [-0.3, -0.25) is 9.59 Å². The van der Waals surface area contributed by atoms with Crippen molar-refractivity contribution in [3.8, 4) is 0 Å². The van der Waals surface area contributed by atoms with Gasteiger partial charge < -0.3 is 14.4 Å². The Bertz CT molecular complexity index is 733. The Morgan fingerprint density at radius 1 is 0.767 bits per heavy atom. The molecule has 0 aromatic heterocycles. The summed E-state index contributed by atoms with van der Waals surface area (Å²) in [5, 5.41) is 0. The van der Waals surface area contributed by atoms with Crippen LogP contribution in [0.2, 0.25) is 0 Å². The van der Waals surface area contributed by atoms with E-state index in [1.807, 2.05) is 40.1 Å². The molecule has 5 nitrogen and oxygen atoms in total. The number of hydrogen-bond donors (Lipinski definition) is 0. The zero-order chi connectivity index (χ0) is 32.7. The molecule has 0 amide bonds. The minimum atomic E-state index is -0.838. The quantitative estimate of drug-likeness (QED) is 0.0687. The molecule has 0 bridgehead atoms. The molecule has 5 heteroatoms. The van der Waals surface area contributed by atoms with E-state index >= 15 is 0 Å². The van der Waals surface area contributed by atoms with Crippen LogP contribution in [0.4, 0.5) is 0 Å². The van der Waals surface area contributed by atoms with Crippen molar-refractivity contribution in [1.82, 2.24) is 4.90 Å².